The Balaban J connectivity index is 1.80. The van der Waals surface area contributed by atoms with Gasteiger partial charge in [0, 0.05) is 12.6 Å². The second-order valence-electron chi connectivity index (χ2n) is 4.77. The van der Waals surface area contributed by atoms with E-state index in [-0.39, 0.29) is 11.6 Å². The quantitative estimate of drug-likeness (QED) is 0.797. The highest BCUT2D eigenvalue weighted by molar-refractivity contribution is 5.92. The molecule has 108 valence electrons. The van der Waals surface area contributed by atoms with Gasteiger partial charge < -0.3 is 14.4 Å². The molecule has 3 rings (SSSR count). The molecule has 2 aromatic heterocycles. The highest BCUT2D eigenvalue weighted by Crippen LogP contribution is 2.15. The number of nitrogens with one attached hydrogen (secondary N) is 1. The topological polar surface area (TPSA) is 73.0 Å². The number of amides is 1. The monoisotopic (exact) mass is 284 g/mol. The van der Waals surface area contributed by atoms with Crippen molar-refractivity contribution in [3.05, 3.63) is 47.6 Å². The highest BCUT2D eigenvalue weighted by atomic mass is 16.5. The minimum absolute atomic E-state index is 0.262. The zero-order valence-corrected chi connectivity index (χ0v) is 12.0. The number of fused-ring (bicyclic) bond motifs is 1. The largest absolute Gasteiger partial charge is 0.361 e. The molecule has 0 fully saturated rings. The lowest BCUT2D eigenvalue weighted by molar-refractivity contribution is 0.0940. The van der Waals surface area contributed by atoms with E-state index in [0.29, 0.717) is 12.3 Å². The van der Waals surface area contributed by atoms with Crippen LogP contribution in [-0.2, 0) is 13.1 Å². The van der Waals surface area contributed by atoms with Gasteiger partial charge in [-0.3, -0.25) is 4.79 Å². The summed E-state index contributed by atoms with van der Waals surface area (Å²) in [4.78, 5) is 16.5. The van der Waals surface area contributed by atoms with Crippen LogP contribution in [0.15, 0.2) is 34.9 Å². The number of benzene rings is 1. The molecule has 0 unspecified atom stereocenters. The molecule has 0 saturated carbocycles. The Morgan fingerprint density at radius 2 is 2.19 bits per heavy atom. The minimum Gasteiger partial charge on any atom is -0.361 e. The lowest BCUT2D eigenvalue weighted by Gasteiger charge is -2.06. The minimum atomic E-state index is -0.262. The number of hydrogen-bond donors (Lipinski definition) is 1. The normalized spacial score (nSPS) is 11.0. The Kier molecular flexibility index (Phi) is 3.43. The van der Waals surface area contributed by atoms with Crippen molar-refractivity contribution in [3.8, 4) is 0 Å². The Morgan fingerprint density at radius 1 is 1.38 bits per heavy atom. The van der Waals surface area contributed by atoms with Crippen molar-refractivity contribution < 1.29 is 9.32 Å². The lowest BCUT2D eigenvalue weighted by Crippen LogP contribution is -2.25. The van der Waals surface area contributed by atoms with E-state index in [4.69, 9.17) is 4.52 Å². The number of carbonyl (C=O) groups is 1. The van der Waals surface area contributed by atoms with Crippen LogP contribution in [0.3, 0.4) is 0 Å². The second-order valence-corrected chi connectivity index (χ2v) is 4.77. The van der Waals surface area contributed by atoms with Gasteiger partial charge in [0.05, 0.1) is 17.6 Å². The van der Waals surface area contributed by atoms with Crippen LogP contribution in [0.1, 0.15) is 29.0 Å². The molecule has 3 aromatic rings. The molecule has 0 atom stereocenters. The fraction of sp³-hybridized carbons (Fsp3) is 0.267. The molecule has 0 aliphatic rings. The van der Waals surface area contributed by atoms with E-state index in [0.717, 1.165) is 23.4 Å². The molecule has 0 radical (unpaired) electrons. The van der Waals surface area contributed by atoms with Gasteiger partial charge in [-0.05, 0) is 26.0 Å². The molecule has 1 amide bonds. The Bertz CT molecular complexity index is 788. The number of para-hydroxylation sites is 2. The summed E-state index contributed by atoms with van der Waals surface area (Å²) in [6, 6.07) is 9.54. The predicted molar refractivity (Wildman–Crippen MR) is 77.8 cm³/mol. The molecule has 0 spiro atoms. The van der Waals surface area contributed by atoms with Crippen molar-refractivity contribution >= 4 is 16.9 Å². The molecule has 0 bridgehead atoms. The van der Waals surface area contributed by atoms with E-state index in [1.807, 2.05) is 24.3 Å². The SMILES string of the molecule is CCn1c(CNC(=O)c2cc(C)on2)nc2ccccc21. The van der Waals surface area contributed by atoms with Gasteiger partial charge in [-0.2, -0.15) is 0 Å². The Morgan fingerprint density at radius 3 is 2.90 bits per heavy atom. The second kappa shape index (κ2) is 5.40. The summed E-state index contributed by atoms with van der Waals surface area (Å²) < 4.78 is 6.99. The van der Waals surface area contributed by atoms with Crippen LogP contribution in [0.2, 0.25) is 0 Å². The molecular formula is C15H16N4O2. The van der Waals surface area contributed by atoms with Crippen LogP contribution in [0.4, 0.5) is 0 Å². The summed E-state index contributed by atoms with van der Waals surface area (Å²) in [7, 11) is 0. The summed E-state index contributed by atoms with van der Waals surface area (Å²) >= 11 is 0. The maximum Gasteiger partial charge on any atom is 0.273 e. The Labute approximate surface area is 121 Å². The van der Waals surface area contributed by atoms with Crippen molar-refractivity contribution in [1.82, 2.24) is 20.0 Å². The molecule has 21 heavy (non-hydrogen) atoms. The van der Waals surface area contributed by atoms with Gasteiger partial charge in [0.1, 0.15) is 11.6 Å². The first-order valence-corrected chi connectivity index (χ1v) is 6.84. The summed E-state index contributed by atoms with van der Waals surface area (Å²) in [6.45, 7) is 4.96. The molecule has 0 aliphatic carbocycles. The number of aryl methyl sites for hydroxylation is 2. The van der Waals surface area contributed by atoms with Gasteiger partial charge in [0.2, 0.25) is 0 Å². The highest BCUT2D eigenvalue weighted by Gasteiger charge is 2.13. The molecule has 2 heterocycles. The van der Waals surface area contributed by atoms with E-state index in [1.54, 1.807) is 13.0 Å². The number of aromatic nitrogens is 3. The van der Waals surface area contributed by atoms with Crippen LogP contribution in [0, 0.1) is 6.92 Å². The van der Waals surface area contributed by atoms with Crippen LogP contribution in [0.25, 0.3) is 11.0 Å². The first-order chi connectivity index (χ1) is 10.2. The van der Waals surface area contributed by atoms with Crippen molar-refractivity contribution in [2.24, 2.45) is 0 Å². The van der Waals surface area contributed by atoms with Gasteiger partial charge in [-0.15, -0.1) is 0 Å². The number of rotatable bonds is 4. The van der Waals surface area contributed by atoms with Crippen molar-refractivity contribution in [2.75, 3.05) is 0 Å². The fourth-order valence-electron chi connectivity index (χ4n) is 2.34. The number of carbonyl (C=O) groups excluding carboxylic acids is 1. The van der Waals surface area contributed by atoms with Crippen molar-refractivity contribution in [2.45, 2.75) is 26.9 Å². The third-order valence-electron chi connectivity index (χ3n) is 3.32. The van der Waals surface area contributed by atoms with E-state index >= 15 is 0 Å². The van der Waals surface area contributed by atoms with Crippen molar-refractivity contribution in [1.29, 1.82) is 0 Å². The average Bonchev–Trinajstić information content (AvgIpc) is 3.07. The van der Waals surface area contributed by atoms with Crippen LogP contribution < -0.4 is 5.32 Å². The number of hydrogen-bond acceptors (Lipinski definition) is 4. The summed E-state index contributed by atoms with van der Waals surface area (Å²) in [5, 5.41) is 6.52. The molecule has 0 saturated heterocycles. The maximum absolute atomic E-state index is 12.0. The maximum atomic E-state index is 12.0. The van der Waals surface area contributed by atoms with Crippen molar-refractivity contribution in [3.63, 3.8) is 0 Å². The molecule has 1 aromatic carbocycles. The van der Waals surface area contributed by atoms with Gasteiger partial charge >= 0.3 is 0 Å². The number of nitrogens with zero attached hydrogens (tertiary/aromatic N) is 3. The van der Waals surface area contributed by atoms with Gasteiger partial charge in [-0.25, -0.2) is 4.98 Å². The van der Waals surface area contributed by atoms with Crippen LogP contribution in [0.5, 0.6) is 0 Å². The zero-order valence-electron chi connectivity index (χ0n) is 12.0. The first-order valence-electron chi connectivity index (χ1n) is 6.84. The lowest BCUT2D eigenvalue weighted by atomic mass is 10.3. The zero-order chi connectivity index (χ0) is 14.8. The van der Waals surface area contributed by atoms with Gasteiger partial charge in [0.25, 0.3) is 5.91 Å². The average molecular weight is 284 g/mol. The molecular weight excluding hydrogens is 268 g/mol. The summed E-state index contributed by atoms with van der Waals surface area (Å²) in [5.74, 6) is 1.18. The van der Waals surface area contributed by atoms with E-state index in [1.165, 1.54) is 0 Å². The van der Waals surface area contributed by atoms with E-state index in [9.17, 15) is 4.79 Å². The van der Waals surface area contributed by atoms with Crippen LogP contribution >= 0.6 is 0 Å². The predicted octanol–water partition coefficient (Wildman–Crippen LogP) is 2.28. The van der Waals surface area contributed by atoms with E-state index in [2.05, 4.69) is 26.9 Å². The molecule has 6 nitrogen and oxygen atoms in total. The smallest absolute Gasteiger partial charge is 0.273 e. The fourth-order valence-corrected chi connectivity index (χ4v) is 2.34. The van der Waals surface area contributed by atoms with Crippen LogP contribution in [-0.4, -0.2) is 20.6 Å². The molecule has 6 heteroatoms. The third-order valence-corrected chi connectivity index (χ3v) is 3.32. The Hall–Kier alpha value is -2.63. The van der Waals surface area contributed by atoms with Gasteiger partial charge in [-0.1, -0.05) is 17.3 Å². The van der Waals surface area contributed by atoms with Gasteiger partial charge in [0.15, 0.2) is 5.69 Å². The summed E-state index contributed by atoms with van der Waals surface area (Å²) in [6.07, 6.45) is 0. The molecule has 1 N–H and O–H groups in total. The molecule has 0 aliphatic heterocycles. The summed E-state index contributed by atoms with van der Waals surface area (Å²) in [5.41, 5.74) is 2.29. The standard InChI is InChI=1S/C15H16N4O2/c1-3-19-13-7-5-4-6-11(13)17-14(19)9-16-15(20)12-8-10(2)21-18-12/h4-8H,3,9H2,1-2H3,(H,16,20). The van der Waals surface area contributed by atoms with E-state index < -0.39 is 0 Å². The third kappa shape index (κ3) is 2.52. The first kappa shape index (κ1) is 13.4. The number of imidazole rings is 1.